The molecule has 1 heterocycles. The smallest absolute Gasteiger partial charge is 0.411 e. The van der Waals surface area contributed by atoms with Gasteiger partial charge in [-0.3, -0.25) is 5.32 Å². The molecule has 0 aliphatic rings. The third-order valence-corrected chi connectivity index (χ3v) is 7.76. The SMILES string of the molecule is CC(C)NC(=O)Nc1ccc(-c2ncc(-c3ccc(NC(=O)OC(C)C)cc3S(=O)(=O)NC(C)(C)C)s2)cc1. The number of hydrogen-bond acceptors (Lipinski definition) is 7. The van der Waals surface area contributed by atoms with E-state index in [1.807, 2.05) is 26.0 Å². The van der Waals surface area contributed by atoms with Gasteiger partial charge in [-0.15, -0.1) is 11.3 Å². The summed E-state index contributed by atoms with van der Waals surface area (Å²) in [7, 11) is -3.97. The second-order valence-corrected chi connectivity index (χ2v) is 13.2. The molecule has 0 fully saturated rings. The molecular weight excluding hydrogens is 538 g/mol. The quantitative estimate of drug-likeness (QED) is 0.259. The summed E-state index contributed by atoms with van der Waals surface area (Å²) in [5.74, 6) is 0. The molecule has 0 unspecified atom stereocenters. The van der Waals surface area contributed by atoms with Crippen LogP contribution in [-0.4, -0.2) is 43.2 Å². The van der Waals surface area contributed by atoms with Gasteiger partial charge in [0.2, 0.25) is 10.0 Å². The number of sulfonamides is 1. The molecule has 2 aromatic carbocycles. The Hall–Kier alpha value is -3.48. The summed E-state index contributed by atoms with van der Waals surface area (Å²) >= 11 is 1.33. The maximum atomic E-state index is 13.4. The number of urea groups is 1. The first kappa shape index (κ1) is 30.1. The van der Waals surface area contributed by atoms with E-state index >= 15 is 0 Å². The average molecular weight is 574 g/mol. The first-order valence-corrected chi connectivity index (χ1v) is 14.7. The number of nitrogens with zero attached hydrogens (tertiary/aromatic N) is 1. The van der Waals surface area contributed by atoms with Crippen molar-refractivity contribution in [2.75, 3.05) is 10.6 Å². The maximum Gasteiger partial charge on any atom is 0.411 e. The van der Waals surface area contributed by atoms with Crippen molar-refractivity contribution >= 4 is 44.9 Å². The summed E-state index contributed by atoms with van der Waals surface area (Å²) in [5, 5.41) is 8.81. The van der Waals surface area contributed by atoms with Gasteiger partial charge in [-0.25, -0.2) is 27.7 Å². The summed E-state index contributed by atoms with van der Waals surface area (Å²) < 4.78 is 34.6. The molecule has 0 aliphatic heterocycles. The Morgan fingerprint density at radius 1 is 0.949 bits per heavy atom. The fraction of sp³-hybridized carbons (Fsp3) is 0.370. The minimum Gasteiger partial charge on any atom is -0.447 e. The number of benzene rings is 2. The number of carbonyl (C=O) groups is 2. The first-order valence-electron chi connectivity index (χ1n) is 12.4. The highest BCUT2D eigenvalue weighted by Gasteiger charge is 2.27. The molecule has 1 aromatic heterocycles. The molecule has 4 N–H and O–H groups in total. The highest BCUT2D eigenvalue weighted by Crippen LogP contribution is 2.37. The zero-order valence-corrected chi connectivity index (χ0v) is 24.7. The normalized spacial score (nSPS) is 11.9. The summed E-state index contributed by atoms with van der Waals surface area (Å²) in [6.45, 7) is 12.5. The van der Waals surface area contributed by atoms with E-state index in [0.717, 1.165) is 5.56 Å². The molecule has 12 heteroatoms. The molecule has 210 valence electrons. The van der Waals surface area contributed by atoms with Crippen molar-refractivity contribution in [1.29, 1.82) is 0 Å². The molecule has 0 aliphatic carbocycles. The lowest BCUT2D eigenvalue weighted by Gasteiger charge is -2.22. The Morgan fingerprint density at radius 2 is 1.59 bits per heavy atom. The van der Waals surface area contributed by atoms with Crippen molar-refractivity contribution in [2.45, 2.75) is 71.0 Å². The molecule has 3 aromatic rings. The summed E-state index contributed by atoms with van der Waals surface area (Å²) in [4.78, 5) is 29.2. The van der Waals surface area contributed by atoms with E-state index in [0.29, 0.717) is 21.1 Å². The minimum atomic E-state index is -3.97. The number of ether oxygens (including phenoxy) is 1. The summed E-state index contributed by atoms with van der Waals surface area (Å²) in [6.07, 6.45) is 0.616. The van der Waals surface area contributed by atoms with Gasteiger partial charge in [0.1, 0.15) is 5.01 Å². The lowest BCUT2D eigenvalue weighted by Crippen LogP contribution is -2.40. The lowest BCUT2D eigenvalue weighted by molar-refractivity contribution is 0.130. The van der Waals surface area contributed by atoms with Crippen LogP contribution >= 0.6 is 11.3 Å². The van der Waals surface area contributed by atoms with Crippen molar-refractivity contribution in [3.8, 4) is 21.0 Å². The standard InChI is InChI=1S/C27H35N5O5S2/c1-16(2)29-25(33)30-19-10-8-18(9-11-19)24-28-15-22(38-24)21-13-12-20(31-26(34)37-17(3)4)14-23(21)39(35,36)32-27(5,6)7/h8-17,32H,1-7H3,(H,31,34)(H2,29,30,33). The molecular formula is C27H35N5O5S2. The Balaban J connectivity index is 1.94. The van der Waals surface area contributed by atoms with Crippen LogP contribution in [0.5, 0.6) is 0 Å². The second-order valence-electron chi connectivity index (χ2n) is 10.5. The van der Waals surface area contributed by atoms with Crippen LogP contribution in [0.4, 0.5) is 21.0 Å². The highest BCUT2D eigenvalue weighted by molar-refractivity contribution is 7.89. The number of carbonyl (C=O) groups excluding carboxylic acids is 2. The van der Waals surface area contributed by atoms with Gasteiger partial charge in [-0.2, -0.15) is 0 Å². The van der Waals surface area contributed by atoms with Crippen LogP contribution in [-0.2, 0) is 14.8 Å². The topological polar surface area (TPSA) is 139 Å². The van der Waals surface area contributed by atoms with Gasteiger partial charge in [0, 0.05) is 40.3 Å². The van der Waals surface area contributed by atoms with Gasteiger partial charge in [-0.1, -0.05) is 6.07 Å². The third-order valence-electron chi connectivity index (χ3n) is 4.88. The molecule has 0 saturated carbocycles. The number of anilines is 2. The number of thiazole rings is 1. The van der Waals surface area contributed by atoms with E-state index in [1.165, 1.54) is 17.4 Å². The Kier molecular flexibility index (Phi) is 9.36. The Morgan fingerprint density at radius 3 is 2.18 bits per heavy atom. The van der Waals surface area contributed by atoms with Crippen LogP contribution in [0.2, 0.25) is 0 Å². The highest BCUT2D eigenvalue weighted by atomic mass is 32.2. The number of nitrogens with one attached hydrogen (secondary N) is 4. The molecule has 0 bridgehead atoms. The molecule has 0 atom stereocenters. The number of aromatic nitrogens is 1. The summed E-state index contributed by atoms with van der Waals surface area (Å²) in [6, 6.07) is 11.6. The van der Waals surface area contributed by atoms with Crippen LogP contribution in [0.15, 0.2) is 53.6 Å². The van der Waals surface area contributed by atoms with Crippen LogP contribution in [0.25, 0.3) is 21.0 Å². The fourth-order valence-electron chi connectivity index (χ4n) is 3.50. The zero-order chi connectivity index (χ0) is 29.0. The van der Waals surface area contributed by atoms with Crippen molar-refractivity contribution in [2.24, 2.45) is 0 Å². The molecule has 0 radical (unpaired) electrons. The molecule has 39 heavy (non-hydrogen) atoms. The van der Waals surface area contributed by atoms with Crippen LogP contribution in [0.1, 0.15) is 48.5 Å². The van der Waals surface area contributed by atoms with E-state index in [-0.39, 0.29) is 28.8 Å². The monoisotopic (exact) mass is 573 g/mol. The second kappa shape index (κ2) is 12.1. The average Bonchev–Trinajstić information content (AvgIpc) is 3.27. The van der Waals surface area contributed by atoms with Crippen molar-refractivity contribution in [3.05, 3.63) is 48.7 Å². The van der Waals surface area contributed by atoms with Gasteiger partial charge >= 0.3 is 12.1 Å². The lowest BCUT2D eigenvalue weighted by atomic mass is 10.1. The van der Waals surface area contributed by atoms with Crippen LogP contribution in [0.3, 0.4) is 0 Å². The Bertz CT molecular complexity index is 1430. The molecule has 10 nitrogen and oxygen atoms in total. The van der Waals surface area contributed by atoms with Crippen molar-refractivity contribution in [1.82, 2.24) is 15.0 Å². The predicted octanol–water partition coefficient (Wildman–Crippen LogP) is 6.04. The van der Waals surface area contributed by atoms with Gasteiger partial charge in [-0.05, 0) is 84.9 Å². The number of amides is 3. The van der Waals surface area contributed by atoms with E-state index in [9.17, 15) is 18.0 Å². The van der Waals surface area contributed by atoms with Crippen molar-refractivity contribution < 1.29 is 22.7 Å². The van der Waals surface area contributed by atoms with Gasteiger partial charge in [0.15, 0.2) is 0 Å². The third kappa shape index (κ3) is 8.77. The van der Waals surface area contributed by atoms with Crippen molar-refractivity contribution in [3.63, 3.8) is 0 Å². The number of hydrogen-bond donors (Lipinski definition) is 4. The van der Waals surface area contributed by atoms with E-state index in [2.05, 4.69) is 25.7 Å². The largest absolute Gasteiger partial charge is 0.447 e. The Labute approximate surface area is 233 Å². The number of rotatable bonds is 8. The first-order chi connectivity index (χ1) is 18.1. The molecule has 3 amide bonds. The van der Waals surface area contributed by atoms with Crippen LogP contribution < -0.4 is 20.7 Å². The minimum absolute atomic E-state index is 0.00526. The maximum absolute atomic E-state index is 13.4. The molecule has 0 saturated heterocycles. The molecule has 0 spiro atoms. The van der Waals surface area contributed by atoms with Gasteiger partial charge in [0.25, 0.3) is 0 Å². The van der Waals surface area contributed by atoms with E-state index in [1.54, 1.807) is 65.1 Å². The van der Waals surface area contributed by atoms with E-state index in [4.69, 9.17) is 4.74 Å². The summed E-state index contributed by atoms with van der Waals surface area (Å²) in [5.41, 5.74) is 1.45. The van der Waals surface area contributed by atoms with Crippen LogP contribution in [0, 0.1) is 0 Å². The fourth-order valence-corrected chi connectivity index (χ4v) is 6.19. The van der Waals surface area contributed by atoms with Gasteiger partial charge < -0.3 is 15.4 Å². The zero-order valence-electron chi connectivity index (χ0n) is 23.1. The van der Waals surface area contributed by atoms with Gasteiger partial charge in [0.05, 0.1) is 15.9 Å². The predicted molar refractivity (Wildman–Crippen MR) is 156 cm³/mol. The van der Waals surface area contributed by atoms with E-state index < -0.39 is 21.7 Å². The molecule has 3 rings (SSSR count).